The van der Waals surface area contributed by atoms with Gasteiger partial charge in [-0.3, -0.25) is 4.98 Å². The molecule has 0 saturated carbocycles. The van der Waals surface area contributed by atoms with Crippen molar-refractivity contribution in [2.24, 2.45) is 0 Å². The van der Waals surface area contributed by atoms with Crippen LogP contribution >= 0.6 is 0 Å². The largest absolute Gasteiger partial charge is 0.494 e. The maximum atomic E-state index is 8.57. The average molecular weight is 179 g/mol. The van der Waals surface area contributed by atoms with Gasteiger partial charge in [-0.25, -0.2) is 0 Å². The van der Waals surface area contributed by atoms with Gasteiger partial charge < -0.3 is 9.84 Å². The summed E-state index contributed by atoms with van der Waals surface area (Å²) in [6.45, 7) is 0.158. The van der Waals surface area contributed by atoms with Gasteiger partial charge in [-0.2, -0.15) is 0 Å². The van der Waals surface area contributed by atoms with Gasteiger partial charge in [0.25, 0.3) is 0 Å². The molecule has 13 heavy (non-hydrogen) atoms. The quantitative estimate of drug-likeness (QED) is 0.761. The van der Waals surface area contributed by atoms with Crippen molar-refractivity contribution in [1.82, 2.24) is 4.98 Å². The molecule has 1 rings (SSSR count). The van der Waals surface area contributed by atoms with Crippen LogP contribution in [0.4, 0.5) is 0 Å². The molecule has 0 spiro atoms. The molecule has 0 unspecified atom stereocenters. The summed E-state index contributed by atoms with van der Waals surface area (Å²) in [4.78, 5) is 4.13. The molecule has 70 valence electrons. The van der Waals surface area contributed by atoms with E-state index in [1.54, 1.807) is 13.3 Å². The number of pyridine rings is 1. The number of aliphatic hydroxyl groups is 1. The lowest BCUT2D eigenvalue weighted by molar-refractivity contribution is 0.303. The van der Waals surface area contributed by atoms with Crippen LogP contribution < -0.4 is 4.74 Å². The van der Waals surface area contributed by atoms with Crippen molar-refractivity contribution in [1.29, 1.82) is 0 Å². The zero-order chi connectivity index (χ0) is 9.52. The fraction of sp³-hybridized carbons (Fsp3) is 0.300. The third-order valence-electron chi connectivity index (χ3n) is 1.59. The first kappa shape index (κ1) is 9.74. The van der Waals surface area contributed by atoms with Crippen molar-refractivity contribution < 1.29 is 9.84 Å². The van der Waals surface area contributed by atoms with Crippen molar-refractivity contribution in [3.63, 3.8) is 0 Å². The number of nitrogens with zero attached hydrogens (tertiary/aromatic N) is 1. The van der Waals surface area contributed by atoms with E-state index in [0.29, 0.717) is 6.42 Å². The predicted molar refractivity (Wildman–Crippen MR) is 51.5 cm³/mol. The van der Waals surface area contributed by atoms with Gasteiger partial charge in [-0.05, 0) is 24.6 Å². The fourth-order valence-corrected chi connectivity index (χ4v) is 0.970. The second-order valence-electron chi connectivity index (χ2n) is 2.51. The first-order chi connectivity index (χ1) is 6.38. The van der Waals surface area contributed by atoms with Crippen LogP contribution in [0.5, 0.6) is 5.75 Å². The standard InChI is InChI=1S/C10H13NO2/c1-13-10-6-4-7-11-9(10)5-2-3-8-12/h2,4-7,12H,3,8H2,1H3. The highest BCUT2D eigenvalue weighted by molar-refractivity contribution is 5.52. The molecule has 0 amide bonds. The molecule has 1 aromatic rings. The third-order valence-corrected chi connectivity index (χ3v) is 1.59. The summed E-state index contributed by atoms with van der Waals surface area (Å²) in [5, 5.41) is 8.57. The predicted octanol–water partition coefficient (Wildman–Crippen LogP) is 1.49. The Morgan fingerprint density at radius 1 is 1.62 bits per heavy atom. The molecule has 0 aromatic carbocycles. The van der Waals surface area contributed by atoms with Crippen molar-refractivity contribution in [3.05, 3.63) is 30.1 Å². The van der Waals surface area contributed by atoms with Crippen LogP contribution in [0.15, 0.2) is 24.4 Å². The van der Waals surface area contributed by atoms with Crippen LogP contribution in [0.3, 0.4) is 0 Å². The number of rotatable bonds is 4. The minimum absolute atomic E-state index is 0.158. The van der Waals surface area contributed by atoms with Gasteiger partial charge in [-0.15, -0.1) is 0 Å². The summed E-state index contributed by atoms with van der Waals surface area (Å²) in [5.74, 6) is 0.747. The maximum Gasteiger partial charge on any atom is 0.144 e. The lowest BCUT2D eigenvalue weighted by atomic mass is 10.3. The maximum absolute atomic E-state index is 8.57. The molecule has 1 aromatic heterocycles. The van der Waals surface area contributed by atoms with Crippen LogP contribution in [0, 0.1) is 0 Å². The zero-order valence-electron chi connectivity index (χ0n) is 7.60. The minimum atomic E-state index is 0.158. The Morgan fingerprint density at radius 2 is 2.46 bits per heavy atom. The van der Waals surface area contributed by atoms with Gasteiger partial charge in [0, 0.05) is 12.8 Å². The molecule has 3 nitrogen and oxygen atoms in total. The zero-order valence-corrected chi connectivity index (χ0v) is 7.60. The lowest BCUT2D eigenvalue weighted by Crippen LogP contribution is -1.89. The Hall–Kier alpha value is -1.35. The second-order valence-corrected chi connectivity index (χ2v) is 2.51. The molecule has 0 radical (unpaired) electrons. The SMILES string of the molecule is COc1cccnc1C=CCCO. The summed E-state index contributed by atoms with van der Waals surface area (Å²) in [6.07, 6.45) is 6.06. The van der Waals surface area contributed by atoms with Crippen molar-refractivity contribution in [3.8, 4) is 5.75 Å². The Bertz CT molecular complexity index is 284. The van der Waals surface area contributed by atoms with Gasteiger partial charge in [0.1, 0.15) is 11.4 Å². The van der Waals surface area contributed by atoms with E-state index in [0.717, 1.165) is 11.4 Å². The highest BCUT2D eigenvalue weighted by atomic mass is 16.5. The molecule has 0 fully saturated rings. The monoisotopic (exact) mass is 179 g/mol. The molecule has 1 N–H and O–H groups in total. The number of methoxy groups -OCH3 is 1. The Labute approximate surface area is 77.7 Å². The van der Waals surface area contributed by atoms with E-state index in [1.807, 2.05) is 24.3 Å². The second kappa shape index (κ2) is 5.32. The van der Waals surface area contributed by atoms with E-state index in [1.165, 1.54) is 0 Å². The molecular weight excluding hydrogens is 166 g/mol. The molecule has 1 heterocycles. The molecule has 0 saturated heterocycles. The minimum Gasteiger partial charge on any atom is -0.494 e. The van der Waals surface area contributed by atoms with E-state index >= 15 is 0 Å². The molecule has 3 heteroatoms. The Morgan fingerprint density at radius 3 is 3.15 bits per heavy atom. The molecular formula is C10H13NO2. The number of ether oxygens (including phenoxy) is 1. The molecule has 0 aliphatic heterocycles. The van der Waals surface area contributed by atoms with Crippen LogP contribution in [0.1, 0.15) is 12.1 Å². The molecule has 0 atom stereocenters. The van der Waals surface area contributed by atoms with Crippen molar-refractivity contribution in [2.75, 3.05) is 13.7 Å². The number of hydrogen-bond donors (Lipinski definition) is 1. The highest BCUT2D eigenvalue weighted by Crippen LogP contribution is 2.15. The lowest BCUT2D eigenvalue weighted by Gasteiger charge is -2.01. The number of hydrogen-bond acceptors (Lipinski definition) is 3. The first-order valence-corrected chi connectivity index (χ1v) is 4.15. The Balaban J connectivity index is 2.74. The smallest absolute Gasteiger partial charge is 0.144 e. The third kappa shape index (κ3) is 2.87. The van der Waals surface area contributed by atoms with E-state index < -0.39 is 0 Å². The van der Waals surface area contributed by atoms with E-state index in [9.17, 15) is 0 Å². The molecule has 0 aliphatic carbocycles. The summed E-state index contributed by atoms with van der Waals surface area (Å²) in [5.41, 5.74) is 0.790. The normalized spacial score (nSPS) is 10.6. The van der Waals surface area contributed by atoms with Gasteiger partial charge in [0.05, 0.1) is 7.11 Å². The van der Waals surface area contributed by atoms with Crippen molar-refractivity contribution >= 4 is 6.08 Å². The number of aromatic nitrogens is 1. The van der Waals surface area contributed by atoms with E-state index in [-0.39, 0.29) is 6.61 Å². The van der Waals surface area contributed by atoms with Crippen LogP contribution in [0.25, 0.3) is 6.08 Å². The van der Waals surface area contributed by atoms with Gasteiger partial charge in [0.15, 0.2) is 0 Å². The van der Waals surface area contributed by atoms with Crippen LogP contribution in [0.2, 0.25) is 0 Å². The molecule has 0 bridgehead atoms. The van der Waals surface area contributed by atoms with Gasteiger partial charge in [0.2, 0.25) is 0 Å². The topological polar surface area (TPSA) is 42.4 Å². The first-order valence-electron chi connectivity index (χ1n) is 4.15. The Kier molecular flexibility index (Phi) is 3.99. The number of aliphatic hydroxyl groups excluding tert-OH is 1. The highest BCUT2D eigenvalue weighted by Gasteiger charge is 1.96. The van der Waals surface area contributed by atoms with E-state index in [4.69, 9.17) is 9.84 Å². The summed E-state index contributed by atoms with van der Waals surface area (Å²) in [7, 11) is 1.61. The van der Waals surface area contributed by atoms with Gasteiger partial charge in [-0.1, -0.05) is 6.08 Å². The fourth-order valence-electron chi connectivity index (χ4n) is 0.970. The average Bonchev–Trinajstić information content (AvgIpc) is 2.19. The van der Waals surface area contributed by atoms with Crippen LogP contribution in [-0.2, 0) is 0 Å². The summed E-state index contributed by atoms with van der Waals surface area (Å²) < 4.78 is 5.10. The summed E-state index contributed by atoms with van der Waals surface area (Å²) >= 11 is 0. The van der Waals surface area contributed by atoms with Crippen molar-refractivity contribution in [2.45, 2.75) is 6.42 Å². The van der Waals surface area contributed by atoms with Gasteiger partial charge >= 0.3 is 0 Å². The molecule has 0 aliphatic rings. The summed E-state index contributed by atoms with van der Waals surface area (Å²) in [6, 6.07) is 3.67. The van der Waals surface area contributed by atoms with E-state index in [2.05, 4.69) is 4.98 Å². The van der Waals surface area contributed by atoms with Crippen LogP contribution in [-0.4, -0.2) is 23.8 Å².